The average molecular weight is 372 g/mol. The molecule has 0 spiro atoms. The van der Waals surface area contributed by atoms with Gasteiger partial charge >= 0.3 is 6.18 Å². The van der Waals surface area contributed by atoms with Crippen LogP contribution in [0.3, 0.4) is 0 Å². The fourth-order valence-corrected chi connectivity index (χ4v) is 3.62. The van der Waals surface area contributed by atoms with Crippen LogP contribution in [-0.4, -0.2) is 20.4 Å². The molecule has 2 aromatic rings. The predicted molar refractivity (Wildman–Crippen MR) is 80.7 cm³/mol. The first-order valence-electron chi connectivity index (χ1n) is 7.04. The first kappa shape index (κ1) is 18.9. The van der Waals surface area contributed by atoms with Gasteiger partial charge in [-0.15, -0.1) is 0 Å². The minimum atomic E-state index is -4.90. The van der Waals surface area contributed by atoms with Crippen LogP contribution in [0.1, 0.15) is 11.1 Å². The van der Waals surface area contributed by atoms with Crippen molar-refractivity contribution in [1.29, 1.82) is 0 Å². The van der Waals surface area contributed by atoms with Gasteiger partial charge in [0.15, 0.2) is 0 Å². The summed E-state index contributed by atoms with van der Waals surface area (Å²) in [5, 5.41) is 11.2. The van der Waals surface area contributed by atoms with Crippen LogP contribution in [0.5, 0.6) is 0 Å². The Labute approximate surface area is 142 Å². The van der Waals surface area contributed by atoms with E-state index in [0.29, 0.717) is 11.6 Å². The van der Waals surface area contributed by atoms with Gasteiger partial charge in [0.05, 0.1) is 22.5 Å². The van der Waals surface area contributed by atoms with Gasteiger partial charge in [0, 0.05) is 0 Å². The first-order valence-corrected chi connectivity index (χ1v) is 8.53. The zero-order chi connectivity index (χ0) is 18.7. The second-order valence-electron chi connectivity index (χ2n) is 5.18. The zero-order valence-corrected chi connectivity index (χ0v) is 13.5. The molecule has 0 aliphatic rings. The van der Waals surface area contributed by atoms with Crippen molar-refractivity contribution < 1.29 is 31.5 Å². The summed E-state index contributed by atoms with van der Waals surface area (Å²) in [5.41, 5.74) is -0.886. The molecule has 1 atom stereocenters. The highest BCUT2D eigenvalue weighted by Crippen LogP contribution is 2.33. The molecule has 0 bridgehead atoms. The molecule has 0 aliphatic carbocycles. The molecule has 0 aliphatic heterocycles. The third-order valence-corrected chi connectivity index (χ3v) is 4.88. The summed E-state index contributed by atoms with van der Waals surface area (Å²) in [7, 11) is -4.73. The molecular formula is C16H13F3NO4S-. The number of nitrogens with one attached hydrogen (secondary N) is 1. The molecule has 1 unspecified atom stereocenters. The Bertz CT molecular complexity index is 851. The molecule has 0 amide bonds. The fraction of sp³-hybridized carbons (Fsp3) is 0.188. The summed E-state index contributed by atoms with van der Waals surface area (Å²) >= 11 is 0. The smallest absolute Gasteiger partial charge is 0.417 e. The van der Waals surface area contributed by atoms with Crippen molar-refractivity contribution in [3.8, 4) is 0 Å². The molecule has 1 N–H and O–H groups in total. The molecule has 0 saturated heterocycles. The number of benzene rings is 2. The fourth-order valence-electron chi connectivity index (χ4n) is 2.21. The molecule has 25 heavy (non-hydrogen) atoms. The summed E-state index contributed by atoms with van der Waals surface area (Å²) < 4.78 is 65.4. The SMILES string of the molecule is O=C([O-])C(Cc1ccccc1)NS(=O)(=O)c1ccccc1C(F)(F)F. The predicted octanol–water partition coefficient (Wildman–Crippen LogP) is 1.34. The standard InChI is InChI=1S/C16H14F3NO4S/c17-16(18,19)12-8-4-5-9-14(12)25(23,24)20-13(15(21)22)10-11-6-2-1-3-7-11/h1-9,13,20H,10H2,(H,21,22)/p-1. The van der Waals surface area contributed by atoms with Gasteiger partial charge < -0.3 is 9.90 Å². The van der Waals surface area contributed by atoms with Gasteiger partial charge in [-0.3, -0.25) is 0 Å². The summed E-state index contributed by atoms with van der Waals surface area (Å²) in [4.78, 5) is 10.2. The first-order chi connectivity index (χ1) is 11.6. The van der Waals surface area contributed by atoms with Gasteiger partial charge in [-0.2, -0.15) is 13.2 Å². The van der Waals surface area contributed by atoms with Crippen LogP contribution in [0.2, 0.25) is 0 Å². The number of aliphatic carboxylic acids is 1. The number of hydrogen-bond acceptors (Lipinski definition) is 4. The third kappa shape index (κ3) is 4.80. The van der Waals surface area contributed by atoms with E-state index in [1.54, 1.807) is 35.1 Å². The summed E-state index contributed by atoms with van der Waals surface area (Å²) in [6, 6.07) is 9.87. The van der Waals surface area contributed by atoms with E-state index < -0.39 is 38.7 Å². The molecule has 0 saturated carbocycles. The lowest BCUT2D eigenvalue weighted by molar-refractivity contribution is -0.307. The maximum Gasteiger partial charge on any atom is 0.417 e. The normalized spacial score (nSPS) is 13.4. The highest BCUT2D eigenvalue weighted by molar-refractivity contribution is 7.89. The molecule has 9 heteroatoms. The van der Waals surface area contributed by atoms with Crippen LogP contribution >= 0.6 is 0 Å². The number of sulfonamides is 1. The van der Waals surface area contributed by atoms with Crippen molar-refractivity contribution in [1.82, 2.24) is 4.72 Å². The molecule has 5 nitrogen and oxygen atoms in total. The molecule has 0 aromatic heterocycles. The lowest BCUT2D eigenvalue weighted by atomic mass is 10.1. The van der Waals surface area contributed by atoms with E-state index in [-0.39, 0.29) is 6.42 Å². The van der Waals surface area contributed by atoms with Crippen molar-refractivity contribution in [2.45, 2.75) is 23.5 Å². The summed E-state index contributed by atoms with van der Waals surface area (Å²) in [5.74, 6) is -1.74. The van der Waals surface area contributed by atoms with Gasteiger partial charge in [-0.05, 0) is 24.1 Å². The van der Waals surface area contributed by atoms with E-state index in [0.717, 1.165) is 18.2 Å². The van der Waals surface area contributed by atoms with Crippen molar-refractivity contribution in [2.24, 2.45) is 0 Å². The monoisotopic (exact) mass is 372 g/mol. The highest BCUT2D eigenvalue weighted by atomic mass is 32.2. The van der Waals surface area contributed by atoms with Gasteiger partial charge in [0.2, 0.25) is 10.0 Å². The second kappa shape index (κ2) is 7.24. The van der Waals surface area contributed by atoms with E-state index >= 15 is 0 Å². The largest absolute Gasteiger partial charge is 0.548 e. The third-order valence-electron chi connectivity index (χ3n) is 3.35. The van der Waals surface area contributed by atoms with Gasteiger partial charge in [0.1, 0.15) is 0 Å². The van der Waals surface area contributed by atoms with Crippen LogP contribution < -0.4 is 9.83 Å². The maximum atomic E-state index is 13.0. The Hall–Kier alpha value is -2.39. The number of carbonyl (C=O) groups is 1. The molecule has 0 fully saturated rings. The van der Waals surface area contributed by atoms with Crippen molar-refractivity contribution in [3.63, 3.8) is 0 Å². The summed E-state index contributed by atoms with van der Waals surface area (Å²) in [6.45, 7) is 0. The van der Waals surface area contributed by atoms with Crippen LogP contribution in [0, 0.1) is 0 Å². The number of carboxylic acids is 1. The van der Waals surface area contributed by atoms with E-state index in [2.05, 4.69) is 0 Å². The Morgan fingerprint density at radius 3 is 2.16 bits per heavy atom. The van der Waals surface area contributed by atoms with Gasteiger partial charge in [-0.1, -0.05) is 42.5 Å². The lowest BCUT2D eigenvalue weighted by Crippen LogP contribution is -2.49. The van der Waals surface area contributed by atoms with E-state index in [4.69, 9.17) is 0 Å². The lowest BCUT2D eigenvalue weighted by Gasteiger charge is -2.21. The van der Waals surface area contributed by atoms with E-state index in [1.165, 1.54) is 0 Å². The highest BCUT2D eigenvalue weighted by Gasteiger charge is 2.37. The average Bonchev–Trinajstić information content (AvgIpc) is 2.54. The van der Waals surface area contributed by atoms with Gasteiger partial charge in [0.25, 0.3) is 0 Å². The molecule has 0 radical (unpaired) electrons. The van der Waals surface area contributed by atoms with Crippen LogP contribution in [0.4, 0.5) is 13.2 Å². The molecule has 2 aromatic carbocycles. The zero-order valence-electron chi connectivity index (χ0n) is 12.7. The topological polar surface area (TPSA) is 86.3 Å². The van der Waals surface area contributed by atoms with Crippen molar-refractivity contribution in [2.75, 3.05) is 0 Å². The van der Waals surface area contributed by atoms with Crippen LogP contribution in [0.15, 0.2) is 59.5 Å². The Balaban J connectivity index is 2.35. The minimum Gasteiger partial charge on any atom is -0.548 e. The molecule has 2 rings (SSSR count). The summed E-state index contributed by atoms with van der Waals surface area (Å²) in [6.07, 6.45) is -5.17. The number of halogens is 3. The van der Waals surface area contributed by atoms with E-state index in [9.17, 15) is 31.5 Å². The number of carbonyl (C=O) groups excluding carboxylic acids is 1. The number of rotatable bonds is 6. The molecular weight excluding hydrogens is 359 g/mol. The number of hydrogen-bond donors (Lipinski definition) is 1. The Morgan fingerprint density at radius 1 is 1.04 bits per heavy atom. The van der Waals surface area contributed by atoms with E-state index in [1.807, 2.05) is 0 Å². The maximum absolute atomic E-state index is 13.0. The molecule has 134 valence electrons. The van der Waals surface area contributed by atoms with Gasteiger partial charge in [-0.25, -0.2) is 13.1 Å². The number of alkyl halides is 3. The quantitative estimate of drug-likeness (QED) is 0.829. The van der Waals surface area contributed by atoms with Crippen molar-refractivity contribution in [3.05, 3.63) is 65.7 Å². The minimum absolute atomic E-state index is 0.267. The van der Waals surface area contributed by atoms with Crippen LogP contribution in [0.25, 0.3) is 0 Å². The Kier molecular flexibility index (Phi) is 5.48. The van der Waals surface area contributed by atoms with Crippen LogP contribution in [-0.2, 0) is 27.4 Å². The van der Waals surface area contributed by atoms with Crippen molar-refractivity contribution >= 4 is 16.0 Å². The second-order valence-corrected chi connectivity index (χ2v) is 6.86. The number of carboxylic acid groups (broad SMARTS) is 1. The Morgan fingerprint density at radius 2 is 1.60 bits per heavy atom. The molecule has 0 heterocycles.